The van der Waals surface area contributed by atoms with E-state index in [0.29, 0.717) is 25.9 Å². The lowest BCUT2D eigenvalue weighted by molar-refractivity contribution is -0.178. The van der Waals surface area contributed by atoms with Crippen LogP contribution in [0.1, 0.15) is 18.4 Å². The minimum absolute atomic E-state index is 0.178. The summed E-state index contributed by atoms with van der Waals surface area (Å²) in [5.41, 5.74) is -0.654. The van der Waals surface area contributed by atoms with Crippen molar-refractivity contribution in [2.45, 2.75) is 25.0 Å². The highest BCUT2D eigenvalue weighted by molar-refractivity contribution is 5.79. The van der Waals surface area contributed by atoms with Crippen LogP contribution in [0.2, 0.25) is 0 Å². The monoisotopic (exact) mass is 234 g/mol. The van der Waals surface area contributed by atoms with Gasteiger partial charge in [-0.05, 0) is 18.7 Å². The minimum atomic E-state index is -1.56. The Bertz CT molecular complexity index is 372. The number of hydrogen-bond acceptors (Lipinski definition) is 3. The van der Waals surface area contributed by atoms with Crippen molar-refractivity contribution in [2.75, 3.05) is 13.1 Å². The Morgan fingerprint density at radius 2 is 1.88 bits per heavy atom. The van der Waals surface area contributed by atoms with Gasteiger partial charge in [-0.3, -0.25) is 0 Å². The Labute approximate surface area is 101 Å². The first-order valence-electron chi connectivity index (χ1n) is 5.83. The van der Waals surface area contributed by atoms with Crippen LogP contribution in [0.4, 0.5) is 0 Å². The summed E-state index contributed by atoms with van der Waals surface area (Å²) >= 11 is 0. The number of benzene rings is 1. The minimum Gasteiger partial charge on any atom is -0.459 e. The second kappa shape index (κ2) is 5.29. The predicted octanol–water partition coefficient (Wildman–Crippen LogP) is 1.28. The molecule has 1 aliphatic heterocycles. The number of rotatable bonds is 3. The average Bonchev–Trinajstić information content (AvgIpc) is 2.38. The molecule has 4 nitrogen and oxygen atoms in total. The van der Waals surface area contributed by atoms with Crippen LogP contribution >= 0.6 is 0 Å². The second-order valence-corrected chi connectivity index (χ2v) is 4.31. The topological polar surface area (TPSA) is 58.2 Å². The average molecular weight is 234 g/mol. The highest BCUT2D eigenvalue weighted by Crippen LogP contribution is 2.21. The molecule has 1 heterocycles. The molecule has 1 aliphatic rings. The molecule has 0 unspecified atom stereocenters. The van der Waals surface area contributed by atoms with Gasteiger partial charge >= 0.3 is 5.97 Å². The van der Waals surface area contributed by atoms with Crippen LogP contribution in [0.3, 0.4) is 0 Å². The zero-order valence-corrected chi connectivity index (χ0v) is 9.65. The van der Waals surface area contributed by atoms with E-state index in [9.17, 15) is 9.90 Å². The van der Waals surface area contributed by atoms with Crippen LogP contribution in [0.5, 0.6) is 0 Å². The first kappa shape index (κ1) is 12.1. The summed E-state index contributed by atoms with van der Waals surface area (Å²) in [6.45, 7) is 1.35. The molecule has 0 aromatic heterocycles. The molecule has 17 heavy (non-hydrogen) atoms. The van der Waals surface area contributed by atoms with E-state index in [2.05, 4.69) is 5.32 Å². The largest absolute Gasteiger partial charge is 0.459 e. The maximum Gasteiger partial charge on any atom is 0.342 e. The molecular formula is C13H16NO3. The van der Waals surface area contributed by atoms with Crippen LogP contribution in [-0.2, 0) is 21.2 Å². The molecule has 1 N–H and O–H groups in total. The lowest BCUT2D eigenvalue weighted by Crippen LogP contribution is -2.47. The first-order valence-corrected chi connectivity index (χ1v) is 5.83. The first-order chi connectivity index (χ1) is 8.21. The summed E-state index contributed by atoms with van der Waals surface area (Å²) in [4.78, 5) is 11.7. The van der Waals surface area contributed by atoms with Gasteiger partial charge in [0.1, 0.15) is 6.61 Å². The van der Waals surface area contributed by atoms with Crippen LogP contribution in [0.15, 0.2) is 30.3 Å². The zero-order valence-electron chi connectivity index (χ0n) is 9.65. The Hall–Kier alpha value is -1.39. The van der Waals surface area contributed by atoms with Crippen molar-refractivity contribution in [1.82, 2.24) is 5.32 Å². The van der Waals surface area contributed by atoms with E-state index in [0.717, 1.165) is 5.56 Å². The smallest absolute Gasteiger partial charge is 0.342 e. The van der Waals surface area contributed by atoms with Crippen LogP contribution < -0.4 is 5.32 Å². The van der Waals surface area contributed by atoms with E-state index < -0.39 is 11.6 Å². The van der Waals surface area contributed by atoms with Crippen molar-refractivity contribution in [3.8, 4) is 0 Å². The summed E-state index contributed by atoms with van der Waals surface area (Å²) in [5.74, 6) is -0.622. The molecule has 1 aromatic rings. The Morgan fingerprint density at radius 3 is 2.53 bits per heavy atom. The van der Waals surface area contributed by atoms with Gasteiger partial charge in [0.25, 0.3) is 0 Å². The summed E-state index contributed by atoms with van der Waals surface area (Å²) in [7, 11) is 0. The Morgan fingerprint density at radius 1 is 1.24 bits per heavy atom. The molecule has 0 atom stereocenters. The van der Waals surface area contributed by atoms with Crippen molar-refractivity contribution < 1.29 is 14.6 Å². The molecule has 1 saturated heterocycles. The van der Waals surface area contributed by atoms with Crippen molar-refractivity contribution in [3.63, 3.8) is 0 Å². The standard InChI is InChI=1S/C13H16NO3/c15-12(13(16)6-8-14-9-7-13)17-10-11-4-2-1-3-5-11/h1-5,14H,6-10H2. The highest BCUT2D eigenvalue weighted by Gasteiger charge is 2.40. The van der Waals surface area contributed by atoms with Crippen LogP contribution in [-0.4, -0.2) is 24.7 Å². The Balaban J connectivity index is 1.88. The fraction of sp³-hybridized carbons (Fsp3) is 0.462. The van der Waals surface area contributed by atoms with Gasteiger partial charge in [0.15, 0.2) is 0 Å². The van der Waals surface area contributed by atoms with Gasteiger partial charge in [-0.15, -0.1) is 0 Å². The SMILES string of the molecule is [O]C1(C(=O)OCc2ccccc2)CCNCC1. The van der Waals surface area contributed by atoms with Gasteiger partial charge in [-0.2, -0.15) is 0 Å². The van der Waals surface area contributed by atoms with Gasteiger partial charge in [-0.25, -0.2) is 9.90 Å². The summed E-state index contributed by atoms with van der Waals surface area (Å²) < 4.78 is 5.09. The summed E-state index contributed by atoms with van der Waals surface area (Å²) in [5, 5.41) is 15.2. The van der Waals surface area contributed by atoms with E-state index in [1.807, 2.05) is 30.3 Å². The molecule has 0 saturated carbocycles. The number of carbonyl (C=O) groups is 1. The highest BCUT2D eigenvalue weighted by atomic mass is 16.5. The molecule has 2 rings (SSSR count). The third-order valence-corrected chi connectivity index (χ3v) is 3.00. The third-order valence-electron chi connectivity index (χ3n) is 3.00. The number of ether oxygens (including phenoxy) is 1. The number of nitrogens with one attached hydrogen (secondary N) is 1. The number of piperidine rings is 1. The van der Waals surface area contributed by atoms with E-state index in [1.54, 1.807) is 0 Å². The lowest BCUT2D eigenvalue weighted by Gasteiger charge is -2.27. The molecule has 0 amide bonds. The van der Waals surface area contributed by atoms with Gasteiger partial charge in [0, 0.05) is 12.8 Å². The maximum absolute atomic E-state index is 12.1. The normalized spacial score (nSPS) is 18.6. The quantitative estimate of drug-likeness (QED) is 0.801. The molecule has 1 fully saturated rings. The maximum atomic E-state index is 12.1. The van der Waals surface area contributed by atoms with Gasteiger partial charge < -0.3 is 10.1 Å². The van der Waals surface area contributed by atoms with Crippen molar-refractivity contribution in [2.24, 2.45) is 0 Å². The van der Waals surface area contributed by atoms with E-state index in [1.165, 1.54) is 0 Å². The van der Waals surface area contributed by atoms with Gasteiger partial charge in [0.05, 0.1) is 0 Å². The molecule has 1 aromatic carbocycles. The molecule has 0 aliphatic carbocycles. The number of hydrogen-bond donors (Lipinski definition) is 1. The second-order valence-electron chi connectivity index (χ2n) is 4.31. The molecule has 0 spiro atoms. The molecular weight excluding hydrogens is 218 g/mol. The van der Waals surface area contributed by atoms with Crippen molar-refractivity contribution in [1.29, 1.82) is 0 Å². The Kier molecular flexibility index (Phi) is 3.76. The number of carbonyl (C=O) groups excluding carboxylic acids is 1. The van der Waals surface area contributed by atoms with Crippen molar-refractivity contribution >= 4 is 5.97 Å². The molecule has 0 bridgehead atoms. The fourth-order valence-corrected chi connectivity index (χ4v) is 1.89. The zero-order chi connectivity index (χ0) is 12.1. The lowest BCUT2D eigenvalue weighted by atomic mass is 9.93. The number of esters is 1. The predicted molar refractivity (Wildman–Crippen MR) is 61.8 cm³/mol. The molecule has 4 heteroatoms. The van der Waals surface area contributed by atoms with Crippen molar-refractivity contribution in [3.05, 3.63) is 35.9 Å². The van der Waals surface area contributed by atoms with Gasteiger partial charge in [-0.1, -0.05) is 30.3 Å². The third kappa shape index (κ3) is 3.05. The molecule has 1 radical (unpaired) electrons. The van der Waals surface area contributed by atoms with Gasteiger partial charge in [0.2, 0.25) is 5.60 Å². The summed E-state index contributed by atoms with van der Waals surface area (Å²) in [6.07, 6.45) is 0.612. The van der Waals surface area contributed by atoms with E-state index in [4.69, 9.17) is 4.74 Å². The summed E-state index contributed by atoms with van der Waals surface area (Å²) in [6, 6.07) is 9.38. The molecule has 91 valence electrons. The van der Waals surface area contributed by atoms with E-state index in [-0.39, 0.29) is 6.61 Å². The van der Waals surface area contributed by atoms with Crippen LogP contribution in [0.25, 0.3) is 0 Å². The van der Waals surface area contributed by atoms with Crippen LogP contribution in [0, 0.1) is 0 Å². The fourth-order valence-electron chi connectivity index (χ4n) is 1.89. The van der Waals surface area contributed by atoms with E-state index >= 15 is 0 Å².